The zero-order valence-corrected chi connectivity index (χ0v) is 7.35. The Morgan fingerprint density at radius 3 is 2.10 bits per heavy atom. The van der Waals surface area contributed by atoms with E-state index in [1.807, 2.05) is 14.1 Å². The Morgan fingerprint density at radius 1 is 1.50 bits per heavy atom. The van der Waals surface area contributed by atoms with Gasteiger partial charge in [0.2, 0.25) is 0 Å². The smallest absolute Gasteiger partial charge is 0.131 e. The van der Waals surface area contributed by atoms with E-state index in [1.54, 1.807) is 6.92 Å². The van der Waals surface area contributed by atoms with Crippen LogP contribution in [-0.2, 0) is 4.79 Å². The van der Waals surface area contributed by atoms with Crippen molar-refractivity contribution >= 4 is 5.78 Å². The van der Waals surface area contributed by atoms with Crippen LogP contribution in [0.3, 0.4) is 0 Å². The van der Waals surface area contributed by atoms with Gasteiger partial charge in [0.05, 0.1) is 0 Å². The maximum Gasteiger partial charge on any atom is 0.131 e. The number of rotatable bonds is 4. The van der Waals surface area contributed by atoms with Gasteiger partial charge in [0.1, 0.15) is 5.78 Å². The summed E-state index contributed by atoms with van der Waals surface area (Å²) in [6.07, 6.45) is 1.73. The highest BCUT2D eigenvalue weighted by molar-refractivity contribution is 5.76. The summed E-state index contributed by atoms with van der Waals surface area (Å²) in [4.78, 5) is 12.8. The average Bonchev–Trinajstić information content (AvgIpc) is 1.81. The highest BCUT2D eigenvalue weighted by Gasteiger charge is 2.09. The van der Waals surface area contributed by atoms with Gasteiger partial charge in [0.15, 0.2) is 0 Å². The average molecular weight is 143 g/mol. The van der Waals surface area contributed by atoms with Crippen LogP contribution in [0.4, 0.5) is 0 Å². The second kappa shape index (κ2) is 4.45. The van der Waals surface area contributed by atoms with Crippen molar-refractivity contribution in [3.8, 4) is 0 Å². The van der Waals surface area contributed by atoms with Crippen LogP contribution in [0.1, 0.15) is 26.7 Å². The lowest BCUT2D eigenvalue weighted by Gasteiger charge is -2.20. The Kier molecular flexibility index (Phi) is 4.28. The molecule has 0 fully saturated rings. The Bertz CT molecular complexity index is 110. The van der Waals surface area contributed by atoms with Crippen LogP contribution in [0.15, 0.2) is 0 Å². The van der Waals surface area contributed by atoms with E-state index < -0.39 is 0 Å². The molecule has 0 saturated heterocycles. The van der Waals surface area contributed by atoms with Gasteiger partial charge in [-0.15, -0.1) is 0 Å². The fourth-order valence-corrected chi connectivity index (χ4v) is 1.02. The number of hydrogen-bond donors (Lipinski definition) is 0. The maximum atomic E-state index is 10.7. The highest BCUT2D eigenvalue weighted by atomic mass is 16.1. The third kappa shape index (κ3) is 3.62. The zero-order valence-electron chi connectivity index (χ0n) is 7.35. The summed E-state index contributed by atoms with van der Waals surface area (Å²) in [5.41, 5.74) is 0. The Labute approximate surface area is 63.2 Å². The van der Waals surface area contributed by atoms with Crippen molar-refractivity contribution in [3.05, 3.63) is 0 Å². The molecule has 0 aromatic rings. The summed E-state index contributed by atoms with van der Waals surface area (Å²) >= 11 is 0. The van der Waals surface area contributed by atoms with Crippen LogP contribution in [0.2, 0.25) is 0 Å². The predicted molar refractivity (Wildman–Crippen MR) is 43.1 cm³/mol. The van der Waals surface area contributed by atoms with Crippen LogP contribution in [0.25, 0.3) is 0 Å². The van der Waals surface area contributed by atoms with Gasteiger partial charge < -0.3 is 4.90 Å². The molecule has 0 spiro atoms. The fraction of sp³-hybridized carbons (Fsp3) is 0.875. The summed E-state index contributed by atoms with van der Waals surface area (Å²) in [6.45, 7) is 3.75. The molecule has 0 aliphatic rings. The van der Waals surface area contributed by atoms with Gasteiger partial charge >= 0.3 is 0 Å². The van der Waals surface area contributed by atoms with Crippen LogP contribution >= 0.6 is 0 Å². The molecule has 1 atom stereocenters. The molecule has 1 unspecified atom stereocenters. The quantitative estimate of drug-likeness (QED) is 0.591. The lowest BCUT2D eigenvalue weighted by Crippen LogP contribution is -2.28. The summed E-state index contributed by atoms with van der Waals surface area (Å²) < 4.78 is 0. The van der Waals surface area contributed by atoms with Crippen molar-refractivity contribution in [1.29, 1.82) is 0 Å². The van der Waals surface area contributed by atoms with Crippen LogP contribution in [0, 0.1) is 0 Å². The molecule has 0 aromatic heterocycles. The van der Waals surface area contributed by atoms with Gasteiger partial charge in [-0.25, -0.2) is 0 Å². The van der Waals surface area contributed by atoms with Gasteiger partial charge in [-0.05, 0) is 27.4 Å². The minimum absolute atomic E-state index is 0.278. The minimum Gasteiger partial charge on any atom is -0.306 e. The first kappa shape index (κ1) is 9.63. The molecule has 0 amide bonds. The normalized spacial score (nSPS) is 13.7. The molecule has 0 radical (unpaired) electrons. The van der Waals surface area contributed by atoms with Gasteiger partial charge in [-0.3, -0.25) is 4.79 Å². The second-order valence-electron chi connectivity index (χ2n) is 2.93. The summed E-state index contributed by atoms with van der Waals surface area (Å²) in [6, 6.07) is 0.428. The lowest BCUT2D eigenvalue weighted by molar-refractivity contribution is -0.118. The molecule has 0 aromatic carbocycles. The summed E-state index contributed by atoms with van der Waals surface area (Å²) in [7, 11) is 4.02. The first-order chi connectivity index (χ1) is 4.57. The lowest BCUT2D eigenvalue weighted by atomic mass is 10.1. The van der Waals surface area contributed by atoms with Crippen molar-refractivity contribution in [2.24, 2.45) is 0 Å². The van der Waals surface area contributed by atoms with E-state index in [0.717, 1.165) is 6.42 Å². The largest absolute Gasteiger partial charge is 0.306 e. The standard InChI is InChI=1S/C8H17NO/c1-5-8(9(3)4)6-7(2)10/h8H,5-6H2,1-4H3. The Balaban J connectivity index is 3.71. The van der Waals surface area contributed by atoms with Crippen LogP contribution < -0.4 is 0 Å². The number of carbonyl (C=O) groups excluding carboxylic acids is 1. The van der Waals surface area contributed by atoms with E-state index in [9.17, 15) is 4.79 Å². The second-order valence-corrected chi connectivity index (χ2v) is 2.93. The molecule has 2 heteroatoms. The van der Waals surface area contributed by atoms with Crippen molar-refractivity contribution in [2.75, 3.05) is 14.1 Å². The Morgan fingerprint density at radius 2 is 2.00 bits per heavy atom. The van der Waals surface area contributed by atoms with Crippen LogP contribution in [-0.4, -0.2) is 30.8 Å². The third-order valence-electron chi connectivity index (χ3n) is 1.72. The zero-order chi connectivity index (χ0) is 8.15. The van der Waals surface area contributed by atoms with Gasteiger partial charge in [-0.1, -0.05) is 6.92 Å². The monoisotopic (exact) mass is 143 g/mol. The number of nitrogens with zero attached hydrogens (tertiary/aromatic N) is 1. The predicted octanol–water partition coefficient (Wildman–Crippen LogP) is 1.31. The van der Waals surface area contributed by atoms with Gasteiger partial charge in [-0.2, -0.15) is 0 Å². The van der Waals surface area contributed by atoms with Crippen molar-refractivity contribution in [2.45, 2.75) is 32.7 Å². The first-order valence-corrected chi connectivity index (χ1v) is 3.73. The molecule has 0 N–H and O–H groups in total. The molecule has 0 rings (SSSR count). The molecular formula is C8H17NO. The molecule has 0 aliphatic carbocycles. The van der Waals surface area contributed by atoms with Crippen LogP contribution in [0.5, 0.6) is 0 Å². The molecule has 0 heterocycles. The maximum absolute atomic E-state index is 10.7. The summed E-state index contributed by atoms with van der Waals surface area (Å²) in [5, 5.41) is 0. The number of carbonyl (C=O) groups is 1. The molecule has 60 valence electrons. The molecule has 0 saturated carbocycles. The van der Waals surface area contributed by atoms with Crippen molar-refractivity contribution in [1.82, 2.24) is 4.90 Å². The fourth-order valence-electron chi connectivity index (χ4n) is 1.02. The molecule has 0 bridgehead atoms. The molecule has 10 heavy (non-hydrogen) atoms. The van der Waals surface area contributed by atoms with Crippen molar-refractivity contribution < 1.29 is 4.79 Å². The van der Waals surface area contributed by atoms with E-state index in [2.05, 4.69) is 11.8 Å². The SMILES string of the molecule is CCC(CC(C)=O)N(C)C. The Hall–Kier alpha value is -0.370. The number of Topliss-reactive ketones (excluding diaryl/α,β-unsaturated/α-hetero) is 1. The first-order valence-electron chi connectivity index (χ1n) is 3.73. The highest BCUT2D eigenvalue weighted by Crippen LogP contribution is 2.03. The number of hydrogen-bond acceptors (Lipinski definition) is 2. The molecular weight excluding hydrogens is 126 g/mol. The number of ketones is 1. The topological polar surface area (TPSA) is 20.3 Å². The van der Waals surface area contributed by atoms with E-state index in [-0.39, 0.29) is 5.78 Å². The van der Waals surface area contributed by atoms with Crippen molar-refractivity contribution in [3.63, 3.8) is 0 Å². The molecule has 2 nitrogen and oxygen atoms in total. The van der Waals surface area contributed by atoms with E-state index in [4.69, 9.17) is 0 Å². The van der Waals surface area contributed by atoms with Gasteiger partial charge in [0.25, 0.3) is 0 Å². The van der Waals surface area contributed by atoms with E-state index in [0.29, 0.717) is 12.5 Å². The molecule has 0 aliphatic heterocycles. The van der Waals surface area contributed by atoms with E-state index in [1.165, 1.54) is 0 Å². The minimum atomic E-state index is 0.278. The third-order valence-corrected chi connectivity index (χ3v) is 1.72. The van der Waals surface area contributed by atoms with E-state index >= 15 is 0 Å². The van der Waals surface area contributed by atoms with Gasteiger partial charge in [0, 0.05) is 12.5 Å². The summed E-state index contributed by atoms with van der Waals surface area (Å²) in [5.74, 6) is 0.278.